The van der Waals surface area contributed by atoms with Gasteiger partial charge in [-0.2, -0.15) is 0 Å². The minimum atomic E-state index is 0.595. The predicted molar refractivity (Wildman–Crippen MR) is 46.6 cm³/mol. The fourth-order valence-electron chi connectivity index (χ4n) is 1.31. The van der Waals surface area contributed by atoms with Crippen LogP contribution in [0.2, 0.25) is 0 Å². The summed E-state index contributed by atoms with van der Waals surface area (Å²) in [6.07, 6.45) is 4.03. The first kappa shape index (κ1) is 7.25. The summed E-state index contributed by atoms with van der Waals surface area (Å²) in [6.45, 7) is 0.595. The molecule has 0 saturated heterocycles. The molecule has 11 heavy (non-hydrogen) atoms. The molecule has 1 aliphatic rings. The molecule has 0 spiro atoms. The van der Waals surface area contributed by atoms with Gasteiger partial charge in [0.25, 0.3) is 0 Å². The molecule has 0 aromatic carbocycles. The van der Waals surface area contributed by atoms with Gasteiger partial charge in [-0.15, -0.1) is 11.3 Å². The molecule has 3 heteroatoms. The zero-order valence-corrected chi connectivity index (χ0v) is 7.23. The molecule has 1 saturated carbocycles. The Balaban J connectivity index is 2.11. The van der Waals surface area contributed by atoms with Crippen molar-refractivity contribution in [2.45, 2.75) is 31.7 Å². The lowest BCUT2D eigenvalue weighted by atomic mass is 9.83. The van der Waals surface area contributed by atoms with E-state index in [1.54, 1.807) is 11.3 Å². The van der Waals surface area contributed by atoms with Gasteiger partial charge in [0.15, 0.2) is 0 Å². The fraction of sp³-hybridized carbons (Fsp3) is 0.625. The topological polar surface area (TPSA) is 38.9 Å². The highest BCUT2D eigenvalue weighted by molar-refractivity contribution is 7.09. The number of aromatic nitrogens is 1. The Hall–Kier alpha value is -0.410. The monoisotopic (exact) mass is 168 g/mol. The van der Waals surface area contributed by atoms with Gasteiger partial charge in [-0.05, 0) is 12.8 Å². The molecule has 0 bridgehead atoms. The molecule has 0 atom stereocenters. The molecule has 1 heterocycles. The maximum Gasteiger partial charge on any atom is 0.106 e. The fourth-order valence-corrected chi connectivity index (χ4v) is 2.07. The molecule has 1 aromatic heterocycles. The van der Waals surface area contributed by atoms with Gasteiger partial charge in [0.2, 0.25) is 0 Å². The quantitative estimate of drug-likeness (QED) is 0.732. The van der Waals surface area contributed by atoms with Crippen LogP contribution in [-0.2, 0) is 6.54 Å². The van der Waals surface area contributed by atoms with Crippen molar-refractivity contribution < 1.29 is 0 Å². The summed E-state index contributed by atoms with van der Waals surface area (Å²) in [5.41, 5.74) is 6.75. The van der Waals surface area contributed by atoms with E-state index in [0.717, 1.165) is 10.9 Å². The lowest BCUT2D eigenvalue weighted by Gasteiger charge is -2.22. The third-order valence-electron chi connectivity index (χ3n) is 2.27. The van der Waals surface area contributed by atoms with Crippen LogP contribution in [0.1, 0.15) is 35.9 Å². The van der Waals surface area contributed by atoms with Crippen molar-refractivity contribution >= 4 is 11.3 Å². The van der Waals surface area contributed by atoms with E-state index in [2.05, 4.69) is 10.4 Å². The SMILES string of the molecule is NCc1nc(C2CCC2)cs1. The highest BCUT2D eigenvalue weighted by Crippen LogP contribution is 2.36. The van der Waals surface area contributed by atoms with E-state index in [0.29, 0.717) is 6.54 Å². The second-order valence-electron chi connectivity index (χ2n) is 3.00. The highest BCUT2D eigenvalue weighted by Gasteiger charge is 2.21. The predicted octanol–water partition coefficient (Wildman–Crippen LogP) is 1.87. The Morgan fingerprint density at radius 2 is 2.45 bits per heavy atom. The highest BCUT2D eigenvalue weighted by atomic mass is 32.1. The summed E-state index contributed by atoms with van der Waals surface area (Å²) in [5.74, 6) is 0.756. The van der Waals surface area contributed by atoms with Crippen LogP contribution >= 0.6 is 11.3 Å². The molecule has 0 aliphatic heterocycles. The van der Waals surface area contributed by atoms with Crippen molar-refractivity contribution in [2.24, 2.45) is 5.73 Å². The lowest BCUT2D eigenvalue weighted by Crippen LogP contribution is -2.09. The van der Waals surface area contributed by atoms with Crippen LogP contribution in [0.15, 0.2) is 5.38 Å². The maximum absolute atomic E-state index is 5.47. The minimum Gasteiger partial charge on any atom is -0.325 e. The number of thiazole rings is 1. The summed E-state index contributed by atoms with van der Waals surface area (Å²) in [4.78, 5) is 4.44. The van der Waals surface area contributed by atoms with Crippen LogP contribution in [0, 0.1) is 0 Å². The largest absolute Gasteiger partial charge is 0.325 e. The number of rotatable bonds is 2. The number of nitrogens with zero attached hydrogens (tertiary/aromatic N) is 1. The van der Waals surface area contributed by atoms with Gasteiger partial charge in [0.1, 0.15) is 5.01 Å². The molecule has 0 radical (unpaired) electrons. The van der Waals surface area contributed by atoms with Crippen molar-refractivity contribution in [1.82, 2.24) is 4.98 Å². The van der Waals surface area contributed by atoms with Crippen molar-refractivity contribution in [3.8, 4) is 0 Å². The van der Waals surface area contributed by atoms with Gasteiger partial charge in [-0.3, -0.25) is 0 Å². The van der Waals surface area contributed by atoms with Crippen LogP contribution in [0.3, 0.4) is 0 Å². The smallest absolute Gasteiger partial charge is 0.106 e. The Bertz CT molecular complexity index is 240. The summed E-state index contributed by atoms with van der Waals surface area (Å²) < 4.78 is 0. The van der Waals surface area contributed by atoms with E-state index < -0.39 is 0 Å². The van der Waals surface area contributed by atoms with Crippen molar-refractivity contribution in [3.05, 3.63) is 16.1 Å². The molecule has 2 nitrogen and oxygen atoms in total. The van der Waals surface area contributed by atoms with Crippen molar-refractivity contribution in [2.75, 3.05) is 0 Å². The molecule has 0 amide bonds. The summed E-state index contributed by atoms with van der Waals surface area (Å²) >= 11 is 1.69. The van der Waals surface area contributed by atoms with E-state index in [-0.39, 0.29) is 0 Å². The Morgan fingerprint density at radius 1 is 1.64 bits per heavy atom. The summed E-state index contributed by atoms with van der Waals surface area (Å²) in [5, 5.41) is 3.23. The van der Waals surface area contributed by atoms with Gasteiger partial charge < -0.3 is 5.73 Å². The van der Waals surface area contributed by atoms with Crippen molar-refractivity contribution in [3.63, 3.8) is 0 Å². The van der Waals surface area contributed by atoms with Crippen molar-refractivity contribution in [1.29, 1.82) is 0 Å². The maximum atomic E-state index is 5.47. The van der Waals surface area contributed by atoms with E-state index in [1.807, 2.05) is 0 Å². The first-order chi connectivity index (χ1) is 5.40. The molecule has 2 rings (SSSR count). The van der Waals surface area contributed by atoms with E-state index in [4.69, 9.17) is 5.73 Å². The third-order valence-corrected chi connectivity index (χ3v) is 3.16. The standard InChI is InChI=1S/C8H12N2S/c9-4-8-10-7(5-11-8)6-2-1-3-6/h5-6H,1-4,9H2. The molecule has 1 aromatic rings. The number of nitrogens with two attached hydrogens (primary N) is 1. The normalized spacial score (nSPS) is 18.3. The molecular weight excluding hydrogens is 156 g/mol. The molecule has 2 N–H and O–H groups in total. The number of hydrogen-bond acceptors (Lipinski definition) is 3. The van der Waals surface area contributed by atoms with Gasteiger partial charge in [-0.25, -0.2) is 4.98 Å². The zero-order chi connectivity index (χ0) is 7.68. The van der Waals surface area contributed by atoms with E-state index in [1.165, 1.54) is 25.0 Å². The Labute approximate surface area is 70.5 Å². The van der Waals surface area contributed by atoms with Crippen LogP contribution in [0.4, 0.5) is 0 Å². The van der Waals surface area contributed by atoms with Gasteiger partial charge >= 0.3 is 0 Å². The number of hydrogen-bond donors (Lipinski definition) is 1. The summed E-state index contributed by atoms with van der Waals surface area (Å²) in [6, 6.07) is 0. The second-order valence-corrected chi connectivity index (χ2v) is 3.94. The van der Waals surface area contributed by atoms with Crippen LogP contribution in [0.5, 0.6) is 0 Å². The average molecular weight is 168 g/mol. The zero-order valence-electron chi connectivity index (χ0n) is 6.42. The van der Waals surface area contributed by atoms with Gasteiger partial charge in [0.05, 0.1) is 5.69 Å². The molecule has 1 aliphatic carbocycles. The van der Waals surface area contributed by atoms with E-state index >= 15 is 0 Å². The average Bonchev–Trinajstić information content (AvgIpc) is 2.32. The molecular formula is C8H12N2S. The minimum absolute atomic E-state index is 0.595. The van der Waals surface area contributed by atoms with Gasteiger partial charge in [0, 0.05) is 17.8 Å². The molecule has 0 unspecified atom stereocenters. The van der Waals surface area contributed by atoms with E-state index in [9.17, 15) is 0 Å². The Kier molecular flexibility index (Phi) is 1.92. The van der Waals surface area contributed by atoms with Crippen LogP contribution in [0.25, 0.3) is 0 Å². The van der Waals surface area contributed by atoms with Crippen LogP contribution in [-0.4, -0.2) is 4.98 Å². The van der Waals surface area contributed by atoms with Gasteiger partial charge in [-0.1, -0.05) is 6.42 Å². The molecule has 60 valence electrons. The summed E-state index contributed by atoms with van der Waals surface area (Å²) in [7, 11) is 0. The third kappa shape index (κ3) is 1.30. The second kappa shape index (κ2) is 2.91. The lowest BCUT2D eigenvalue weighted by molar-refractivity contribution is 0.412. The first-order valence-electron chi connectivity index (χ1n) is 4.04. The van der Waals surface area contributed by atoms with Crippen LogP contribution < -0.4 is 5.73 Å². The first-order valence-corrected chi connectivity index (χ1v) is 4.92. The molecule has 1 fully saturated rings. The Morgan fingerprint density at radius 3 is 2.91 bits per heavy atom.